The molecule has 0 amide bonds. The summed E-state index contributed by atoms with van der Waals surface area (Å²) in [6, 6.07) is 11.8. The van der Waals surface area contributed by atoms with Crippen molar-refractivity contribution in [2.45, 2.75) is 51.5 Å². The standard InChI is InChI=1S/C20H32N2/c1-18-8-5-6-12-20(18)22-16-14-21(15-17-22)13-7-11-19-9-3-2-4-10-19/h2-4,9-10,18,20H,5-8,11-17H2,1H3/t18-,20-/m0/s1. The van der Waals surface area contributed by atoms with Crippen LogP contribution in [0, 0.1) is 5.92 Å². The van der Waals surface area contributed by atoms with Crippen molar-refractivity contribution >= 4 is 0 Å². The molecule has 1 aromatic carbocycles. The lowest BCUT2D eigenvalue weighted by molar-refractivity contribution is 0.0542. The molecule has 2 aliphatic rings. The molecular weight excluding hydrogens is 268 g/mol. The molecule has 0 bridgehead atoms. The van der Waals surface area contributed by atoms with Crippen LogP contribution in [0.2, 0.25) is 0 Å². The molecule has 0 N–H and O–H groups in total. The fourth-order valence-electron chi connectivity index (χ4n) is 4.31. The number of piperazine rings is 1. The zero-order chi connectivity index (χ0) is 15.2. The fourth-order valence-corrected chi connectivity index (χ4v) is 4.31. The van der Waals surface area contributed by atoms with E-state index >= 15 is 0 Å². The number of benzene rings is 1. The van der Waals surface area contributed by atoms with Gasteiger partial charge in [0.05, 0.1) is 0 Å². The third-order valence-electron chi connectivity index (χ3n) is 5.72. The summed E-state index contributed by atoms with van der Waals surface area (Å²) < 4.78 is 0. The SMILES string of the molecule is C[C@H]1CCCC[C@@H]1N1CCN(CCCc2ccccc2)CC1. The molecular formula is C20H32N2. The summed E-state index contributed by atoms with van der Waals surface area (Å²) in [4.78, 5) is 5.46. The molecule has 1 saturated carbocycles. The van der Waals surface area contributed by atoms with E-state index in [0.717, 1.165) is 12.0 Å². The van der Waals surface area contributed by atoms with E-state index < -0.39 is 0 Å². The third-order valence-corrected chi connectivity index (χ3v) is 5.72. The maximum atomic E-state index is 2.79. The van der Waals surface area contributed by atoms with Gasteiger partial charge in [-0.2, -0.15) is 0 Å². The molecule has 1 heterocycles. The van der Waals surface area contributed by atoms with Crippen molar-refractivity contribution in [1.82, 2.24) is 9.80 Å². The Labute approximate surface area is 136 Å². The number of hydrogen-bond acceptors (Lipinski definition) is 2. The van der Waals surface area contributed by atoms with Crippen molar-refractivity contribution in [2.75, 3.05) is 32.7 Å². The minimum absolute atomic E-state index is 0.875. The molecule has 0 spiro atoms. The smallest absolute Gasteiger partial charge is 0.0122 e. The van der Waals surface area contributed by atoms with E-state index in [9.17, 15) is 0 Å². The highest BCUT2D eigenvalue weighted by molar-refractivity contribution is 5.14. The van der Waals surface area contributed by atoms with Gasteiger partial charge < -0.3 is 4.90 Å². The van der Waals surface area contributed by atoms with Crippen LogP contribution >= 0.6 is 0 Å². The van der Waals surface area contributed by atoms with Crippen LogP contribution in [0.5, 0.6) is 0 Å². The third kappa shape index (κ3) is 4.33. The summed E-state index contributed by atoms with van der Waals surface area (Å²) in [7, 11) is 0. The molecule has 1 saturated heterocycles. The Kier molecular flexibility index (Phi) is 5.91. The predicted molar refractivity (Wildman–Crippen MR) is 94.2 cm³/mol. The van der Waals surface area contributed by atoms with Gasteiger partial charge in [0.25, 0.3) is 0 Å². The quantitative estimate of drug-likeness (QED) is 0.816. The second-order valence-electron chi connectivity index (χ2n) is 7.30. The van der Waals surface area contributed by atoms with E-state index in [0.29, 0.717) is 0 Å². The second kappa shape index (κ2) is 8.12. The Morgan fingerprint density at radius 2 is 1.68 bits per heavy atom. The first-order valence-electron chi connectivity index (χ1n) is 9.33. The molecule has 1 aliphatic heterocycles. The van der Waals surface area contributed by atoms with E-state index in [-0.39, 0.29) is 0 Å². The van der Waals surface area contributed by atoms with Gasteiger partial charge in [0, 0.05) is 32.2 Å². The summed E-state index contributed by atoms with van der Waals surface area (Å²) in [5.74, 6) is 0.915. The van der Waals surface area contributed by atoms with E-state index in [1.165, 1.54) is 76.8 Å². The molecule has 0 aromatic heterocycles. The van der Waals surface area contributed by atoms with Gasteiger partial charge >= 0.3 is 0 Å². The molecule has 2 atom stereocenters. The van der Waals surface area contributed by atoms with Crippen molar-refractivity contribution in [1.29, 1.82) is 0 Å². The van der Waals surface area contributed by atoms with Crippen molar-refractivity contribution in [2.24, 2.45) is 5.92 Å². The van der Waals surface area contributed by atoms with Crippen LogP contribution in [-0.4, -0.2) is 48.6 Å². The summed E-state index contributed by atoms with van der Waals surface area (Å²) in [6.45, 7) is 8.87. The van der Waals surface area contributed by atoms with Crippen LogP contribution in [0.15, 0.2) is 30.3 Å². The van der Waals surface area contributed by atoms with Gasteiger partial charge in [0.2, 0.25) is 0 Å². The van der Waals surface area contributed by atoms with Gasteiger partial charge in [0.1, 0.15) is 0 Å². The molecule has 1 aliphatic carbocycles. The van der Waals surface area contributed by atoms with Crippen molar-refractivity contribution in [3.8, 4) is 0 Å². The van der Waals surface area contributed by atoms with Crippen molar-refractivity contribution < 1.29 is 0 Å². The molecule has 2 heteroatoms. The lowest BCUT2D eigenvalue weighted by Crippen LogP contribution is -2.52. The lowest BCUT2D eigenvalue weighted by atomic mass is 9.84. The maximum absolute atomic E-state index is 2.79. The molecule has 22 heavy (non-hydrogen) atoms. The highest BCUT2D eigenvalue weighted by Crippen LogP contribution is 2.28. The first-order valence-corrected chi connectivity index (χ1v) is 9.33. The van der Waals surface area contributed by atoms with Crippen LogP contribution in [0.25, 0.3) is 0 Å². The number of rotatable bonds is 5. The summed E-state index contributed by atoms with van der Waals surface area (Å²) in [6.07, 6.45) is 8.31. The van der Waals surface area contributed by atoms with Crippen molar-refractivity contribution in [3.05, 3.63) is 35.9 Å². The van der Waals surface area contributed by atoms with E-state index in [4.69, 9.17) is 0 Å². The first-order chi connectivity index (χ1) is 10.8. The highest BCUT2D eigenvalue weighted by atomic mass is 15.3. The monoisotopic (exact) mass is 300 g/mol. The Morgan fingerprint density at radius 3 is 2.41 bits per heavy atom. The number of hydrogen-bond donors (Lipinski definition) is 0. The Hall–Kier alpha value is -0.860. The Morgan fingerprint density at radius 1 is 0.955 bits per heavy atom. The summed E-state index contributed by atoms with van der Waals surface area (Å²) in [5, 5.41) is 0. The zero-order valence-corrected chi connectivity index (χ0v) is 14.2. The normalized spacial score (nSPS) is 27.9. The Balaban J connectivity index is 1.36. The van der Waals surface area contributed by atoms with Gasteiger partial charge in [-0.05, 0) is 43.7 Å². The highest BCUT2D eigenvalue weighted by Gasteiger charge is 2.29. The minimum Gasteiger partial charge on any atom is -0.301 e. The lowest BCUT2D eigenvalue weighted by Gasteiger charge is -2.43. The number of aryl methyl sites for hydroxylation is 1. The molecule has 0 radical (unpaired) electrons. The van der Waals surface area contributed by atoms with E-state index in [1.54, 1.807) is 0 Å². The minimum atomic E-state index is 0.875. The molecule has 1 aromatic rings. The Bertz CT molecular complexity index is 423. The average Bonchev–Trinajstić information content (AvgIpc) is 2.57. The summed E-state index contributed by atoms with van der Waals surface area (Å²) >= 11 is 0. The van der Waals surface area contributed by atoms with Gasteiger partial charge in [-0.25, -0.2) is 0 Å². The predicted octanol–water partition coefficient (Wildman–Crippen LogP) is 3.82. The van der Waals surface area contributed by atoms with Crippen LogP contribution in [0.1, 0.15) is 44.6 Å². The molecule has 2 nitrogen and oxygen atoms in total. The van der Waals surface area contributed by atoms with Crippen LogP contribution in [-0.2, 0) is 6.42 Å². The second-order valence-corrected chi connectivity index (χ2v) is 7.30. The van der Waals surface area contributed by atoms with Gasteiger partial charge in [0.15, 0.2) is 0 Å². The first kappa shape index (κ1) is 16.0. The fraction of sp³-hybridized carbons (Fsp3) is 0.700. The molecule has 3 rings (SSSR count). The van der Waals surface area contributed by atoms with Gasteiger partial charge in [-0.15, -0.1) is 0 Å². The maximum Gasteiger partial charge on any atom is 0.0122 e. The number of nitrogens with zero attached hydrogens (tertiary/aromatic N) is 2. The van der Waals surface area contributed by atoms with E-state index in [1.807, 2.05) is 0 Å². The topological polar surface area (TPSA) is 6.48 Å². The van der Waals surface area contributed by atoms with Crippen molar-refractivity contribution in [3.63, 3.8) is 0 Å². The largest absolute Gasteiger partial charge is 0.301 e. The van der Waals surface area contributed by atoms with Crippen LogP contribution in [0.4, 0.5) is 0 Å². The van der Waals surface area contributed by atoms with Crippen LogP contribution < -0.4 is 0 Å². The molecule has 122 valence electrons. The van der Waals surface area contributed by atoms with Crippen LogP contribution in [0.3, 0.4) is 0 Å². The molecule has 2 fully saturated rings. The van der Waals surface area contributed by atoms with Gasteiger partial charge in [-0.1, -0.05) is 50.1 Å². The molecule has 0 unspecified atom stereocenters. The summed E-state index contributed by atoms with van der Waals surface area (Å²) in [5.41, 5.74) is 1.48. The zero-order valence-electron chi connectivity index (χ0n) is 14.2. The van der Waals surface area contributed by atoms with E-state index in [2.05, 4.69) is 47.1 Å². The average molecular weight is 300 g/mol. The van der Waals surface area contributed by atoms with Gasteiger partial charge in [-0.3, -0.25) is 4.90 Å².